The van der Waals surface area contributed by atoms with Gasteiger partial charge in [-0.2, -0.15) is 26.3 Å². The molecule has 18 heteroatoms. The van der Waals surface area contributed by atoms with Crippen LogP contribution in [-0.2, 0) is 53.7 Å². The van der Waals surface area contributed by atoms with Crippen molar-refractivity contribution in [3.05, 3.63) is 121 Å². The fraction of sp³-hybridized carbons (Fsp3) is 0.417. The van der Waals surface area contributed by atoms with Gasteiger partial charge in [0, 0.05) is 43.3 Å². The molecule has 1 atom stereocenters. The Bertz CT molecular complexity index is 2130. The summed E-state index contributed by atoms with van der Waals surface area (Å²) >= 11 is 0. The van der Waals surface area contributed by atoms with Crippen LogP contribution in [0.3, 0.4) is 0 Å². The average molecular weight is 768 g/mol. The van der Waals surface area contributed by atoms with Crippen molar-refractivity contribution in [2.45, 2.75) is 75.9 Å². The number of hydrogen-bond acceptors (Lipinski definition) is 8. The number of nitrogens with two attached hydrogens (primary N) is 1. The van der Waals surface area contributed by atoms with Crippen LogP contribution in [-0.4, -0.2) is 44.7 Å². The molecular weight excluding hydrogens is 731 g/mol. The number of piperidine rings is 1. The summed E-state index contributed by atoms with van der Waals surface area (Å²) in [5.74, 6) is -3.22. The van der Waals surface area contributed by atoms with Gasteiger partial charge < -0.3 is 25.3 Å². The van der Waals surface area contributed by atoms with E-state index in [1.165, 1.54) is 6.07 Å². The largest absolute Gasteiger partial charge is 0.481 e. The van der Waals surface area contributed by atoms with Crippen molar-refractivity contribution in [2.75, 3.05) is 25.0 Å². The Hall–Kier alpha value is -4.94. The van der Waals surface area contributed by atoms with Crippen molar-refractivity contribution in [1.29, 1.82) is 0 Å². The van der Waals surface area contributed by atoms with Crippen LogP contribution < -0.4 is 22.3 Å². The van der Waals surface area contributed by atoms with Crippen LogP contribution in [0.2, 0.25) is 0 Å². The monoisotopic (exact) mass is 767 g/mol. The van der Waals surface area contributed by atoms with Gasteiger partial charge in [-0.3, -0.25) is 23.6 Å². The van der Waals surface area contributed by atoms with E-state index in [2.05, 4.69) is 5.32 Å². The summed E-state index contributed by atoms with van der Waals surface area (Å²) in [6.07, 6.45) is -9.06. The summed E-state index contributed by atoms with van der Waals surface area (Å²) in [4.78, 5) is 41.1. The molecule has 290 valence electrons. The predicted octanol–water partition coefficient (Wildman–Crippen LogP) is 5.83. The number of carboxylic acids is 1. The van der Waals surface area contributed by atoms with Crippen molar-refractivity contribution in [3.63, 3.8) is 0 Å². The first-order chi connectivity index (χ1) is 25.5. The number of aromatic nitrogens is 2. The topological polar surface area (TPSA) is 145 Å². The Morgan fingerprint density at radius 1 is 0.963 bits per heavy atom. The lowest BCUT2D eigenvalue weighted by Gasteiger charge is -2.38. The molecule has 2 aromatic carbocycles. The number of ether oxygens (including phenoxy) is 1. The molecule has 2 aromatic heterocycles. The molecule has 1 spiro atoms. The van der Waals surface area contributed by atoms with E-state index in [9.17, 15) is 40.7 Å². The Balaban J connectivity index is 1.34. The van der Waals surface area contributed by atoms with E-state index in [-0.39, 0.29) is 62.5 Å². The second-order valence-electron chi connectivity index (χ2n) is 13.3. The molecule has 1 unspecified atom stereocenters. The summed E-state index contributed by atoms with van der Waals surface area (Å²) in [6.45, 7) is -0.831. The number of rotatable bonds is 12. The molecule has 11 nitrogen and oxygen atoms in total. The maximum absolute atomic E-state index is 15.1. The molecule has 4 N–H and O–H groups in total. The van der Waals surface area contributed by atoms with E-state index < -0.39 is 77.0 Å². The Morgan fingerprint density at radius 3 is 2.35 bits per heavy atom. The fourth-order valence-electron chi connectivity index (χ4n) is 7.05. The highest BCUT2D eigenvalue weighted by molar-refractivity contribution is 5.66. The molecule has 4 aromatic rings. The number of furan rings is 1. The molecule has 0 bridgehead atoms. The van der Waals surface area contributed by atoms with Gasteiger partial charge in [0.2, 0.25) is 5.76 Å². The van der Waals surface area contributed by atoms with Crippen LogP contribution in [0.15, 0.2) is 68.6 Å². The van der Waals surface area contributed by atoms with Gasteiger partial charge in [-0.15, -0.1) is 0 Å². The van der Waals surface area contributed by atoms with Crippen molar-refractivity contribution >= 4 is 11.7 Å². The van der Waals surface area contributed by atoms with Gasteiger partial charge in [0.05, 0.1) is 43.1 Å². The summed E-state index contributed by atoms with van der Waals surface area (Å²) in [6, 6.07) is 10.2. The zero-order valence-corrected chi connectivity index (χ0v) is 28.6. The van der Waals surface area contributed by atoms with E-state index in [0.29, 0.717) is 30.3 Å². The first-order valence-corrected chi connectivity index (χ1v) is 17.0. The highest BCUT2D eigenvalue weighted by atomic mass is 19.4. The second kappa shape index (κ2) is 15.1. The minimum Gasteiger partial charge on any atom is -0.481 e. The molecule has 54 heavy (non-hydrogen) atoms. The van der Waals surface area contributed by atoms with E-state index >= 15 is 4.39 Å². The van der Waals surface area contributed by atoms with Crippen molar-refractivity contribution in [3.8, 4) is 0 Å². The SMILES string of the molecule is NC(Cn1c(=O)c2c(n(Cc3c(F)cccc3C(F)(F)F)c1=O)COC21CCN(Cc2ccc(C(F)(F)F)o2)CC1)c1cccc(NCCCC(=O)O)c1. The smallest absolute Gasteiger partial charge is 0.449 e. The zero-order valence-electron chi connectivity index (χ0n) is 28.6. The van der Waals surface area contributed by atoms with Gasteiger partial charge in [-0.25, -0.2) is 9.18 Å². The molecule has 2 aliphatic rings. The third kappa shape index (κ3) is 8.09. The fourth-order valence-corrected chi connectivity index (χ4v) is 7.05. The van der Waals surface area contributed by atoms with Crippen LogP contribution in [0.5, 0.6) is 0 Å². The minimum absolute atomic E-state index is 0.00643. The van der Waals surface area contributed by atoms with Gasteiger partial charge in [-0.1, -0.05) is 18.2 Å². The van der Waals surface area contributed by atoms with Crippen LogP contribution in [0.25, 0.3) is 0 Å². The lowest BCUT2D eigenvalue weighted by Crippen LogP contribution is -2.49. The maximum Gasteiger partial charge on any atom is 0.449 e. The minimum atomic E-state index is -4.97. The lowest BCUT2D eigenvalue weighted by atomic mass is 9.85. The molecule has 0 radical (unpaired) electrons. The average Bonchev–Trinajstić information content (AvgIpc) is 3.74. The highest BCUT2D eigenvalue weighted by Gasteiger charge is 2.47. The Morgan fingerprint density at radius 2 is 1.69 bits per heavy atom. The Labute approximate surface area is 302 Å². The third-order valence-corrected chi connectivity index (χ3v) is 9.79. The number of fused-ring (bicyclic) bond motifs is 2. The molecule has 4 heterocycles. The number of anilines is 1. The molecule has 0 amide bonds. The number of likely N-dealkylation sites (tertiary alicyclic amines) is 1. The summed E-state index contributed by atoms with van der Waals surface area (Å²) < 4.78 is 109. The summed E-state index contributed by atoms with van der Waals surface area (Å²) in [5, 5.41) is 12.0. The van der Waals surface area contributed by atoms with Crippen LogP contribution in [0, 0.1) is 5.82 Å². The molecule has 6 rings (SSSR count). The first kappa shape index (κ1) is 38.8. The predicted molar refractivity (Wildman–Crippen MR) is 179 cm³/mol. The molecule has 1 fully saturated rings. The van der Waals surface area contributed by atoms with Crippen LogP contribution >= 0.6 is 0 Å². The number of carboxylic acid groups (broad SMARTS) is 1. The number of nitrogens with one attached hydrogen (secondary N) is 1. The van der Waals surface area contributed by atoms with Crippen molar-refractivity contribution in [2.24, 2.45) is 5.73 Å². The number of aliphatic carboxylic acids is 1. The van der Waals surface area contributed by atoms with Gasteiger partial charge in [0.15, 0.2) is 0 Å². The number of alkyl halides is 6. The normalized spacial score (nSPS) is 16.4. The van der Waals surface area contributed by atoms with Gasteiger partial charge in [0.1, 0.15) is 17.2 Å². The molecular formula is C36H36F7N5O6. The van der Waals surface area contributed by atoms with Gasteiger partial charge >= 0.3 is 24.0 Å². The van der Waals surface area contributed by atoms with E-state index in [0.717, 1.165) is 27.3 Å². The standard InChI is InChI=1S/C36H36F7N5O6/c37-26-7-2-6-25(35(38,39)40)24(26)18-47-28-20-53-34(11-14-46(15-12-34)17-23-9-10-29(54-23)36(41,42)43)31(28)32(51)48(33(47)52)19-27(44)21-4-1-5-22(16-21)45-13-3-8-30(49)50/h1-2,4-7,9-10,16,27,45H,3,8,11-15,17-20,44H2,(H,49,50). The number of nitrogens with zero attached hydrogens (tertiary/aromatic N) is 3. The molecule has 0 aliphatic carbocycles. The van der Waals surface area contributed by atoms with Crippen molar-refractivity contribution in [1.82, 2.24) is 14.0 Å². The van der Waals surface area contributed by atoms with Gasteiger partial charge in [0.25, 0.3) is 5.56 Å². The first-order valence-electron chi connectivity index (χ1n) is 17.0. The zero-order chi connectivity index (χ0) is 39.0. The van der Waals surface area contributed by atoms with E-state index in [4.69, 9.17) is 20.0 Å². The summed E-state index contributed by atoms with van der Waals surface area (Å²) in [5.41, 5.74) is 2.41. The van der Waals surface area contributed by atoms with Crippen molar-refractivity contribution < 1.29 is 49.8 Å². The maximum atomic E-state index is 15.1. The van der Waals surface area contributed by atoms with E-state index in [1.807, 2.05) is 0 Å². The van der Waals surface area contributed by atoms with Crippen LogP contribution in [0.1, 0.15) is 71.2 Å². The third-order valence-electron chi connectivity index (χ3n) is 9.79. The molecule has 1 saturated heterocycles. The second-order valence-corrected chi connectivity index (χ2v) is 13.3. The molecule has 0 saturated carbocycles. The number of carbonyl (C=O) groups is 1. The summed E-state index contributed by atoms with van der Waals surface area (Å²) in [7, 11) is 0. The highest BCUT2D eigenvalue weighted by Crippen LogP contribution is 2.43. The number of benzene rings is 2. The van der Waals surface area contributed by atoms with E-state index in [1.54, 1.807) is 29.2 Å². The van der Waals surface area contributed by atoms with Gasteiger partial charge in [-0.05, 0) is 61.2 Å². The number of hydrogen-bond donors (Lipinski definition) is 3. The number of halogens is 7. The lowest BCUT2D eigenvalue weighted by molar-refractivity contribution is -0.153. The quantitative estimate of drug-likeness (QED) is 0.120. The van der Waals surface area contributed by atoms with Crippen LogP contribution in [0.4, 0.5) is 36.4 Å². The molecule has 2 aliphatic heterocycles. The Kier molecular flexibility index (Phi) is 10.8.